The molecule has 2 aromatic carbocycles. The second-order valence-electron chi connectivity index (χ2n) is 5.84. The fraction of sp³-hybridized carbons (Fsp3) is 0.211. The number of benzene rings is 2. The standard InChI is InChI=1S/C19H17FN2O5/c1-2-21(11-13-4-3-5-15(20)8-13)19(23)7-6-14-9-17-18(27-12-26-17)10-16(14)22(24)25/h3-10H,2,11-12H2,1H3. The van der Waals surface area contributed by atoms with Crippen LogP contribution in [0.15, 0.2) is 42.5 Å². The molecule has 8 heteroatoms. The van der Waals surface area contributed by atoms with Gasteiger partial charge in [-0.1, -0.05) is 12.1 Å². The number of rotatable bonds is 6. The Hall–Kier alpha value is -3.42. The van der Waals surface area contributed by atoms with Gasteiger partial charge in [-0.05, 0) is 36.8 Å². The van der Waals surface area contributed by atoms with E-state index < -0.39 is 4.92 Å². The SMILES string of the molecule is CCN(Cc1cccc(F)c1)C(=O)C=Cc1cc2c(cc1[N+](=O)[O-])OCO2. The third-order valence-corrected chi connectivity index (χ3v) is 4.08. The van der Waals surface area contributed by atoms with Crippen molar-refractivity contribution in [2.24, 2.45) is 0 Å². The Morgan fingerprint density at radius 1 is 1.30 bits per heavy atom. The monoisotopic (exact) mass is 372 g/mol. The van der Waals surface area contributed by atoms with Gasteiger partial charge in [-0.25, -0.2) is 4.39 Å². The number of amides is 1. The van der Waals surface area contributed by atoms with Crippen molar-refractivity contribution in [3.8, 4) is 11.5 Å². The number of fused-ring (bicyclic) bond motifs is 1. The highest BCUT2D eigenvalue weighted by Crippen LogP contribution is 2.38. The molecule has 0 saturated carbocycles. The molecule has 1 aliphatic rings. The number of hydrogen-bond donors (Lipinski definition) is 0. The van der Waals surface area contributed by atoms with E-state index in [0.717, 1.165) is 0 Å². The maximum Gasteiger partial charge on any atom is 0.280 e. The van der Waals surface area contributed by atoms with E-state index in [4.69, 9.17) is 9.47 Å². The van der Waals surface area contributed by atoms with Crippen molar-refractivity contribution in [1.29, 1.82) is 0 Å². The Morgan fingerprint density at radius 2 is 2.04 bits per heavy atom. The summed E-state index contributed by atoms with van der Waals surface area (Å²) < 4.78 is 23.7. The first-order chi connectivity index (χ1) is 13.0. The molecule has 0 N–H and O–H groups in total. The summed E-state index contributed by atoms with van der Waals surface area (Å²) in [6.07, 6.45) is 2.63. The molecule has 3 rings (SSSR count). The topological polar surface area (TPSA) is 81.9 Å². The van der Waals surface area contributed by atoms with Gasteiger partial charge < -0.3 is 14.4 Å². The molecule has 0 spiro atoms. The predicted octanol–water partition coefficient (Wildman–Crippen LogP) is 3.52. The van der Waals surface area contributed by atoms with E-state index in [2.05, 4.69) is 0 Å². The van der Waals surface area contributed by atoms with Crippen LogP contribution in [0.3, 0.4) is 0 Å². The van der Waals surface area contributed by atoms with E-state index in [1.165, 1.54) is 41.3 Å². The summed E-state index contributed by atoms with van der Waals surface area (Å²) in [5.41, 5.74) is 0.712. The smallest absolute Gasteiger partial charge is 0.280 e. The molecule has 0 aromatic heterocycles. The van der Waals surface area contributed by atoms with Crippen LogP contribution in [0.4, 0.5) is 10.1 Å². The van der Waals surface area contributed by atoms with Crippen molar-refractivity contribution in [2.45, 2.75) is 13.5 Å². The summed E-state index contributed by atoms with van der Waals surface area (Å²) >= 11 is 0. The molecule has 27 heavy (non-hydrogen) atoms. The van der Waals surface area contributed by atoms with E-state index in [9.17, 15) is 19.3 Å². The number of nitro groups is 1. The summed E-state index contributed by atoms with van der Waals surface area (Å²) in [4.78, 5) is 24.7. The number of carbonyl (C=O) groups excluding carboxylic acids is 1. The zero-order valence-corrected chi connectivity index (χ0v) is 14.6. The third kappa shape index (κ3) is 4.22. The Morgan fingerprint density at radius 3 is 2.70 bits per heavy atom. The first kappa shape index (κ1) is 18.4. The highest BCUT2D eigenvalue weighted by atomic mass is 19.1. The number of nitrogens with zero attached hydrogens (tertiary/aromatic N) is 2. The summed E-state index contributed by atoms with van der Waals surface area (Å²) in [7, 11) is 0. The number of carbonyl (C=O) groups is 1. The van der Waals surface area contributed by atoms with Gasteiger partial charge in [-0.15, -0.1) is 0 Å². The minimum absolute atomic E-state index is 0.00413. The van der Waals surface area contributed by atoms with Gasteiger partial charge in [-0.2, -0.15) is 0 Å². The van der Waals surface area contributed by atoms with Gasteiger partial charge in [0.2, 0.25) is 12.7 Å². The van der Waals surface area contributed by atoms with Crippen molar-refractivity contribution in [2.75, 3.05) is 13.3 Å². The van der Waals surface area contributed by atoms with Crippen LogP contribution < -0.4 is 9.47 Å². The number of halogens is 1. The molecule has 7 nitrogen and oxygen atoms in total. The number of nitro benzene ring substituents is 1. The zero-order chi connectivity index (χ0) is 19.4. The molecule has 0 fully saturated rings. The molecule has 0 atom stereocenters. The lowest BCUT2D eigenvalue weighted by atomic mass is 10.1. The molecule has 0 aliphatic carbocycles. The summed E-state index contributed by atoms with van der Waals surface area (Å²) in [5.74, 6) is -0.0254. The van der Waals surface area contributed by atoms with Gasteiger partial charge in [0.25, 0.3) is 5.69 Å². The van der Waals surface area contributed by atoms with E-state index in [1.54, 1.807) is 19.1 Å². The average molecular weight is 372 g/mol. The van der Waals surface area contributed by atoms with Crippen molar-refractivity contribution < 1.29 is 23.6 Å². The molecule has 140 valence electrons. The highest BCUT2D eigenvalue weighted by molar-refractivity contribution is 5.92. The fourth-order valence-electron chi connectivity index (χ4n) is 2.71. The Bertz CT molecular complexity index is 913. The van der Waals surface area contributed by atoms with Crippen molar-refractivity contribution >= 4 is 17.7 Å². The van der Waals surface area contributed by atoms with Gasteiger partial charge in [0.15, 0.2) is 11.5 Å². The molecular formula is C19H17FN2O5. The van der Waals surface area contributed by atoms with Gasteiger partial charge in [0, 0.05) is 19.2 Å². The van der Waals surface area contributed by atoms with Crippen molar-refractivity contribution in [3.63, 3.8) is 0 Å². The minimum Gasteiger partial charge on any atom is -0.454 e. The number of likely N-dealkylation sites (N-methyl/N-ethyl adjacent to an activating group) is 1. The second-order valence-corrected chi connectivity index (χ2v) is 5.84. The fourth-order valence-corrected chi connectivity index (χ4v) is 2.71. The molecule has 0 unspecified atom stereocenters. The molecule has 0 radical (unpaired) electrons. The Labute approximate surface area is 154 Å². The lowest BCUT2D eigenvalue weighted by molar-refractivity contribution is -0.385. The maximum absolute atomic E-state index is 13.3. The van der Waals surface area contributed by atoms with Crippen LogP contribution >= 0.6 is 0 Å². The molecule has 1 aliphatic heterocycles. The molecule has 0 saturated heterocycles. The van der Waals surface area contributed by atoms with Crippen LogP contribution in [0.5, 0.6) is 11.5 Å². The van der Waals surface area contributed by atoms with E-state index >= 15 is 0 Å². The lowest BCUT2D eigenvalue weighted by Crippen LogP contribution is -2.28. The third-order valence-electron chi connectivity index (χ3n) is 4.08. The van der Waals surface area contributed by atoms with Crippen LogP contribution in [-0.2, 0) is 11.3 Å². The zero-order valence-electron chi connectivity index (χ0n) is 14.6. The summed E-state index contributed by atoms with van der Waals surface area (Å²) in [5, 5.41) is 11.3. The molecule has 1 heterocycles. The molecule has 1 amide bonds. The van der Waals surface area contributed by atoms with Gasteiger partial charge >= 0.3 is 0 Å². The van der Waals surface area contributed by atoms with Crippen molar-refractivity contribution in [3.05, 3.63) is 69.5 Å². The molecule has 2 aromatic rings. The van der Waals surface area contributed by atoms with E-state index in [0.29, 0.717) is 23.6 Å². The van der Waals surface area contributed by atoms with E-state index in [-0.39, 0.29) is 36.3 Å². The molecular weight excluding hydrogens is 355 g/mol. The average Bonchev–Trinajstić information content (AvgIpc) is 3.10. The minimum atomic E-state index is -0.545. The van der Waals surface area contributed by atoms with Gasteiger partial charge in [-0.3, -0.25) is 14.9 Å². The molecule has 0 bridgehead atoms. The van der Waals surface area contributed by atoms with Gasteiger partial charge in [0.1, 0.15) is 5.82 Å². The summed E-state index contributed by atoms with van der Waals surface area (Å²) in [6, 6.07) is 8.74. The van der Waals surface area contributed by atoms with Crippen LogP contribution in [0.1, 0.15) is 18.1 Å². The largest absolute Gasteiger partial charge is 0.454 e. The quantitative estimate of drug-likeness (QED) is 0.440. The number of hydrogen-bond acceptors (Lipinski definition) is 5. The normalized spacial score (nSPS) is 12.4. The van der Waals surface area contributed by atoms with Crippen LogP contribution in [0, 0.1) is 15.9 Å². The van der Waals surface area contributed by atoms with Gasteiger partial charge in [0.05, 0.1) is 16.6 Å². The lowest BCUT2D eigenvalue weighted by Gasteiger charge is -2.19. The Kier molecular flexibility index (Phi) is 5.35. The number of ether oxygens (including phenoxy) is 2. The summed E-state index contributed by atoms with van der Waals surface area (Å²) in [6.45, 7) is 2.44. The Balaban J connectivity index is 1.80. The second kappa shape index (κ2) is 7.86. The van der Waals surface area contributed by atoms with E-state index in [1.807, 2.05) is 0 Å². The first-order valence-corrected chi connectivity index (χ1v) is 8.27. The van der Waals surface area contributed by atoms with Crippen LogP contribution in [0.2, 0.25) is 0 Å². The van der Waals surface area contributed by atoms with Crippen LogP contribution in [0.25, 0.3) is 6.08 Å². The predicted molar refractivity (Wildman–Crippen MR) is 95.7 cm³/mol. The highest BCUT2D eigenvalue weighted by Gasteiger charge is 2.22. The van der Waals surface area contributed by atoms with Crippen molar-refractivity contribution in [1.82, 2.24) is 4.90 Å². The first-order valence-electron chi connectivity index (χ1n) is 8.27. The maximum atomic E-state index is 13.3. The van der Waals surface area contributed by atoms with Crippen LogP contribution in [-0.4, -0.2) is 29.1 Å².